The van der Waals surface area contributed by atoms with Gasteiger partial charge in [-0.3, -0.25) is 14.7 Å². The number of aromatic nitrogens is 1. The molecule has 0 spiro atoms. The molecule has 132 valence electrons. The standard InChI is InChI=1S/C19H29N3O2/c1-15-6-4-10-20-17(15)13-21(2)14-19(24)9-5-11-22(18(19)23)12-16-7-3-8-16/h4,6,10,16,24H,3,5,7-9,11-14H2,1-2H3/t19-/m1/s1. The molecule has 0 unspecified atom stereocenters. The zero-order chi connectivity index (χ0) is 17.2. The van der Waals surface area contributed by atoms with E-state index in [4.69, 9.17) is 0 Å². The molecule has 2 heterocycles. The molecule has 1 aliphatic heterocycles. The lowest BCUT2D eigenvalue weighted by Gasteiger charge is -2.42. The first-order valence-corrected chi connectivity index (χ1v) is 9.09. The van der Waals surface area contributed by atoms with Crippen LogP contribution in [0.5, 0.6) is 0 Å². The molecule has 2 fully saturated rings. The van der Waals surface area contributed by atoms with Crippen molar-refractivity contribution in [2.75, 3.05) is 26.7 Å². The van der Waals surface area contributed by atoms with Gasteiger partial charge in [0, 0.05) is 32.4 Å². The highest BCUT2D eigenvalue weighted by atomic mass is 16.3. The van der Waals surface area contributed by atoms with Crippen LogP contribution in [0.1, 0.15) is 43.4 Å². The van der Waals surface area contributed by atoms with Gasteiger partial charge in [-0.15, -0.1) is 0 Å². The van der Waals surface area contributed by atoms with Crippen molar-refractivity contribution in [3.63, 3.8) is 0 Å². The fourth-order valence-electron chi connectivity index (χ4n) is 3.82. The maximum atomic E-state index is 12.8. The SMILES string of the molecule is Cc1cccnc1CN(C)C[C@]1(O)CCCN(CC2CCC2)C1=O. The minimum Gasteiger partial charge on any atom is -0.379 e. The second-order valence-electron chi connectivity index (χ2n) is 7.62. The molecule has 5 nitrogen and oxygen atoms in total. The van der Waals surface area contributed by atoms with E-state index in [1.54, 1.807) is 6.20 Å². The normalized spacial score (nSPS) is 25.2. The predicted molar refractivity (Wildman–Crippen MR) is 93.4 cm³/mol. The molecule has 0 bridgehead atoms. The van der Waals surface area contributed by atoms with Crippen LogP contribution in [0.4, 0.5) is 0 Å². The van der Waals surface area contributed by atoms with Crippen molar-refractivity contribution >= 4 is 5.91 Å². The summed E-state index contributed by atoms with van der Waals surface area (Å²) in [6, 6.07) is 3.96. The smallest absolute Gasteiger partial charge is 0.255 e. The number of carbonyl (C=O) groups excluding carboxylic acids is 1. The highest BCUT2D eigenvalue weighted by Gasteiger charge is 2.43. The van der Waals surface area contributed by atoms with Gasteiger partial charge in [0.25, 0.3) is 5.91 Å². The Morgan fingerprint density at radius 3 is 2.88 bits per heavy atom. The van der Waals surface area contributed by atoms with Crippen LogP contribution in [0.3, 0.4) is 0 Å². The van der Waals surface area contributed by atoms with Crippen molar-refractivity contribution in [3.8, 4) is 0 Å². The number of rotatable bonds is 6. The van der Waals surface area contributed by atoms with E-state index in [0.717, 1.165) is 30.8 Å². The van der Waals surface area contributed by atoms with Crippen LogP contribution in [0.2, 0.25) is 0 Å². The van der Waals surface area contributed by atoms with Crippen LogP contribution in [0.25, 0.3) is 0 Å². The van der Waals surface area contributed by atoms with Crippen LogP contribution in [0.15, 0.2) is 18.3 Å². The van der Waals surface area contributed by atoms with Crippen LogP contribution in [0, 0.1) is 12.8 Å². The van der Waals surface area contributed by atoms with Gasteiger partial charge >= 0.3 is 0 Å². The average molecular weight is 331 g/mol. The van der Waals surface area contributed by atoms with Crippen LogP contribution < -0.4 is 0 Å². The van der Waals surface area contributed by atoms with Gasteiger partial charge in [-0.1, -0.05) is 12.5 Å². The van der Waals surface area contributed by atoms with Gasteiger partial charge in [-0.2, -0.15) is 0 Å². The molecule has 0 radical (unpaired) electrons. The minimum absolute atomic E-state index is 0.0785. The topological polar surface area (TPSA) is 56.7 Å². The molecular weight excluding hydrogens is 302 g/mol. The summed E-state index contributed by atoms with van der Waals surface area (Å²) >= 11 is 0. The summed E-state index contributed by atoms with van der Waals surface area (Å²) in [4.78, 5) is 21.1. The molecule has 1 amide bonds. The first-order chi connectivity index (χ1) is 11.5. The van der Waals surface area contributed by atoms with Crippen molar-refractivity contribution < 1.29 is 9.90 Å². The molecule has 1 aliphatic carbocycles. The largest absolute Gasteiger partial charge is 0.379 e. The number of likely N-dealkylation sites (N-methyl/N-ethyl adjacent to an activating group) is 1. The first-order valence-electron chi connectivity index (χ1n) is 9.09. The fraction of sp³-hybridized carbons (Fsp3) is 0.684. The Kier molecular flexibility index (Phi) is 5.21. The van der Waals surface area contributed by atoms with E-state index < -0.39 is 5.60 Å². The monoisotopic (exact) mass is 331 g/mol. The Bertz CT molecular complexity index is 588. The van der Waals surface area contributed by atoms with Crippen molar-refractivity contribution in [2.24, 2.45) is 5.92 Å². The summed E-state index contributed by atoms with van der Waals surface area (Å²) in [5.41, 5.74) is 0.885. The molecule has 3 rings (SSSR count). The number of pyridine rings is 1. The molecular formula is C19H29N3O2. The van der Waals surface area contributed by atoms with E-state index in [0.29, 0.717) is 25.4 Å². The maximum absolute atomic E-state index is 12.8. The van der Waals surface area contributed by atoms with Gasteiger partial charge in [-0.25, -0.2) is 0 Å². The third-order valence-corrected chi connectivity index (χ3v) is 5.48. The number of aryl methyl sites for hydroxylation is 1. The molecule has 1 aromatic heterocycles. The van der Waals surface area contributed by atoms with Gasteiger partial charge in [0.1, 0.15) is 0 Å². The molecule has 0 aromatic carbocycles. The molecule has 5 heteroatoms. The Morgan fingerprint density at radius 2 is 2.21 bits per heavy atom. The third kappa shape index (κ3) is 3.78. The lowest BCUT2D eigenvalue weighted by Crippen LogP contribution is -2.59. The molecule has 1 N–H and O–H groups in total. The Balaban J connectivity index is 1.61. The summed E-state index contributed by atoms with van der Waals surface area (Å²) in [5, 5.41) is 11.0. The van der Waals surface area contributed by atoms with E-state index >= 15 is 0 Å². The summed E-state index contributed by atoms with van der Waals surface area (Å²) in [5.74, 6) is 0.565. The number of amides is 1. The van der Waals surface area contributed by atoms with Gasteiger partial charge in [0.2, 0.25) is 0 Å². The molecule has 1 saturated carbocycles. The van der Waals surface area contributed by atoms with E-state index in [1.807, 2.05) is 35.9 Å². The first kappa shape index (κ1) is 17.4. The van der Waals surface area contributed by atoms with Gasteiger partial charge in [0.15, 0.2) is 5.60 Å². The van der Waals surface area contributed by atoms with Crippen LogP contribution >= 0.6 is 0 Å². The lowest BCUT2D eigenvalue weighted by molar-refractivity contribution is -0.160. The molecule has 1 saturated heterocycles. The van der Waals surface area contributed by atoms with Crippen molar-refractivity contribution in [3.05, 3.63) is 29.6 Å². The van der Waals surface area contributed by atoms with E-state index in [-0.39, 0.29) is 5.91 Å². The fourth-order valence-corrected chi connectivity index (χ4v) is 3.82. The number of carbonyl (C=O) groups is 1. The summed E-state index contributed by atoms with van der Waals surface area (Å²) in [7, 11) is 1.95. The highest BCUT2D eigenvalue weighted by Crippen LogP contribution is 2.30. The minimum atomic E-state index is -1.25. The maximum Gasteiger partial charge on any atom is 0.255 e. The Labute approximate surface area is 144 Å². The molecule has 1 atom stereocenters. The van der Waals surface area contributed by atoms with Crippen molar-refractivity contribution in [1.82, 2.24) is 14.8 Å². The highest BCUT2D eigenvalue weighted by molar-refractivity contribution is 5.86. The summed E-state index contributed by atoms with van der Waals surface area (Å²) in [6.45, 7) is 4.66. The molecule has 1 aromatic rings. The zero-order valence-electron chi connectivity index (χ0n) is 14.9. The van der Waals surface area contributed by atoms with Crippen LogP contribution in [-0.4, -0.2) is 58.1 Å². The van der Waals surface area contributed by atoms with Crippen molar-refractivity contribution in [2.45, 2.75) is 51.2 Å². The number of likely N-dealkylation sites (tertiary alicyclic amines) is 1. The van der Waals surface area contributed by atoms with E-state index in [1.165, 1.54) is 19.3 Å². The number of hydrogen-bond acceptors (Lipinski definition) is 4. The van der Waals surface area contributed by atoms with Gasteiger partial charge < -0.3 is 10.0 Å². The number of hydrogen-bond donors (Lipinski definition) is 1. The van der Waals surface area contributed by atoms with E-state index in [2.05, 4.69) is 4.98 Å². The molecule has 2 aliphatic rings. The number of aliphatic hydroxyl groups is 1. The number of nitrogens with zero attached hydrogens (tertiary/aromatic N) is 3. The second-order valence-corrected chi connectivity index (χ2v) is 7.62. The third-order valence-electron chi connectivity index (χ3n) is 5.48. The Hall–Kier alpha value is -1.46. The van der Waals surface area contributed by atoms with Gasteiger partial charge in [-0.05, 0) is 57.2 Å². The second kappa shape index (κ2) is 7.19. The zero-order valence-corrected chi connectivity index (χ0v) is 14.9. The summed E-state index contributed by atoms with van der Waals surface area (Å²) in [6.07, 6.45) is 6.95. The van der Waals surface area contributed by atoms with Crippen LogP contribution in [-0.2, 0) is 11.3 Å². The average Bonchev–Trinajstić information content (AvgIpc) is 2.49. The number of piperidine rings is 1. The van der Waals surface area contributed by atoms with Gasteiger partial charge in [0.05, 0.1) is 5.69 Å². The Morgan fingerprint density at radius 1 is 1.42 bits per heavy atom. The quantitative estimate of drug-likeness (QED) is 0.866. The predicted octanol–water partition coefficient (Wildman–Crippen LogP) is 1.98. The van der Waals surface area contributed by atoms with E-state index in [9.17, 15) is 9.90 Å². The summed E-state index contributed by atoms with van der Waals surface area (Å²) < 4.78 is 0. The molecule has 24 heavy (non-hydrogen) atoms. The van der Waals surface area contributed by atoms with Crippen molar-refractivity contribution in [1.29, 1.82) is 0 Å². The lowest BCUT2D eigenvalue weighted by atomic mass is 9.83.